The molecule has 0 saturated heterocycles. The normalized spacial score (nSPS) is 10.9. The molecule has 0 amide bonds. The van der Waals surface area contributed by atoms with E-state index < -0.39 is 0 Å². The van der Waals surface area contributed by atoms with Gasteiger partial charge in [0, 0.05) is 32.4 Å². The predicted molar refractivity (Wildman–Crippen MR) is 72.0 cm³/mol. The predicted octanol–water partition coefficient (Wildman–Crippen LogP) is 2.09. The van der Waals surface area contributed by atoms with Crippen LogP contribution in [0.5, 0.6) is 0 Å². The summed E-state index contributed by atoms with van der Waals surface area (Å²) in [6.07, 6.45) is 11.0. The molecule has 1 aromatic rings. The Labute approximate surface area is 103 Å². The van der Waals surface area contributed by atoms with Crippen LogP contribution in [0.1, 0.15) is 25.1 Å². The summed E-state index contributed by atoms with van der Waals surface area (Å²) in [5.41, 5.74) is 0. The van der Waals surface area contributed by atoms with Crippen LogP contribution in [0.15, 0.2) is 12.4 Å². The number of hydrogen-bond acceptors (Lipinski definition) is 3. The number of hydrogen-bond donors (Lipinski definition) is 1. The zero-order valence-corrected chi connectivity index (χ0v) is 11.2. The second-order valence-electron chi connectivity index (χ2n) is 4.01. The van der Waals surface area contributed by atoms with Crippen molar-refractivity contribution >= 4 is 11.8 Å². The van der Waals surface area contributed by atoms with Crippen molar-refractivity contribution in [2.75, 3.05) is 25.1 Å². The highest BCUT2D eigenvalue weighted by Gasteiger charge is 1.97. The first-order valence-corrected chi connectivity index (χ1v) is 7.40. The van der Waals surface area contributed by atoms with E-state index in [0.717, 1.165) is 25.3 Å². The zero-order valence-electron chi connectivity index (χ0n) is 10.4. The Morgan fingerprint density at radius 1 is 1.31 bits per heavy atom. The van der Waals surface area contributed by atoms with Gasteiger partial charge in [-0.1, -0.05) is 6.42 Å². The summed E-state index contributed by atoms with van der Waals surface area (Å²) in [5.74, 6) is 2.46. The minimum atomic E-state index is 1.02. The fraction of sp³-hybridized carbons (Fsp3) is 0.750. The zero-order chi connectivity index (χ0) is 11.6. The smallest absolute Gasteiger partial charge is 0.109 e. The van der Waals surface area contributed by atoms with Crippen molar-refractivity contribution in [2.45, 2.75) is 25.7 Å². The molecule has 0 atom stereocenters. The average Bonchev–Trinajstić information content (AvgIpc) is 2.68. The molecular weight excluding hydrogens is 218 g/mol. The van der Waals surface area contributed by atoms with E-state index in [4.69, 9.17) is 0 Å². The van der Waals surface area contributed by atoms with E-state index in [9.17, 15) is 0 Å². The van der Waals surface area contributed by atoms with E-state index in [0.29, 0.717) is 0 Å². The maximum Gasteiger partial charge on any atom is 0.109 e. The standard InChI is InChI=1S/C12H23N3S/c1-15-10-9-14-12(15)6-8-13-7-4-3-5-11-16-2/h9-10,13H,3-8,11H2,1-2H3. The van der Waals surface area contributed by atoms with Gasteiger partial charge in [0.1, 0.15) is 5.82 Å². The fourth-order valence-electron chi connectivity index (χ4n) is 1.64. The van der Waals surface area contributed by atoms with Crippen molar-refractivity contribution < 1.29 is 0 Å². The van der Waals surface area contributed by atoms with Crippen molar-refractivity contribution in [1.82, 2.24) is 14.9 Å². The number of unbranched alkanes of at least 4 members (excludes halogenated alkanes) is 2. The van der Waals surface area contributed by atoms with E-state index in [1.807, 2.05) is 31.2 Å². The van der Waals surface area contributed by atoms with Crippen LogP contribution in [0.3, 0.4) is 0 Å². The van der Waals surface area contributed by atoms with Crippen molar-refractivity contribution in [3.8, 4) is 0 Å². The van der Waals surface area contributed by atoms with Crippen LogP contribution in [0, 0.1) is 0 Å². The molecule has 0 saturated carbocycles. The van der Waals surface area contributed by atoms with Gasteiger partial charge in [-0.3, -0.25) is 0 Å². The molecule has 0 aliphatic carbocycles. The number of aromatic nitrogens is 2. The molecule has 1 N–H and O–H groups in total. The second-order valence-corrected chi connectivity index (χ2v) is 4.99. The number of thioether (sulfide) groups is 1. The van der Waals surface area contributed by atoms with Crippen molar-refractivity contribution in [1.29, 1.82) is 0 Å². The summed E-state index contributed by atoms with van der Waals surface area (Å²) in [7, 11) is 2.05. The van der Waals surface area contributed by atoms with Crippen LogP contribution in [0.2, 0.25) is 0 Å². The van der Waals surface area contributed by atoms with Gasteiger partial charge in [0.25, 0.3) is 0 Å². The summed E-state index contributed by atoms with van der Waals surface area (Å²) < 4.78 is 2.08. The topological polar surface area (TPSA) is 29.9 Å². The maximum atomic E-state index is 4.29. The molecule has 1 rings (SSSR count). The van der Waals surface area contributed by atoms with Crippen LogP contribution < -0.4 is 5.32 Å². The summed E-state index contributed by atoms with van der Waals surface area (Å²) in [6.45, 7) is 2.17. The number of aryl methyl sites for hydroxylation is 1. The third kappa shape index (κ3) is 5.56. The van der Waals surface area contributed by atoms with E-state index in [1.165, 1.54) is 25.0 Å². The first-order chi connectivity index (χ1) is 7.84. The third-order valence-corrected chi connectivity index (χ3v) is 3.35. The summed E-state index contributed by atoms with van der Waals surface area (Å²) >= 11 is 1.94. The molecule has 0 aromatic carbocycles. The molecule has 1 heterocycles. The molecule has 1 aromatic heterocycles. The van der Waals surface area contributed by atoms with Crippen LogP contribution in [0.4, 0.5) is 0 Å². The average molecular weight is 241 g/mol. The molecule has 16 heavy (non-hydrogen) atoms. The lowest BCUT2D eigenvalue weighted by Crippen LogP contribution is -2.19. The Morgan fingerprint density at radius 2 is 2.19 bits per heavy atom. The van der Waals surface area contributed by atoms with E-state index >= 15 is 0 Å². The minimum Gasteiger partial charge on any atom is -0.338 e. The summed E-state index contributed by atoms with van der Waals surface area (Å²) in [4.78, 5) is 4.29. The molecule has 0 fully saturated rings. The third-order valence-electron chi connectivity index (χ3n) is 2.65. The summed E-state index contributed by atoms with van der Waals surface area (Å²) in [6, 6.07) is 0. The Balaban J connectivity index is 1.91. The highest BCUT2D eigenvalue weighted by atomic mass is 32.2. The van der Waals surface area contributed by atoms with Gasteiger partial charge in [-0.15, -0.1) is 0 Å². The highest BCUT2D eigenvalue weighted by Crippen LogP contribution is 2.01. The molecular formula is C12H23N3S. The first kappa shape index (κ1) is 13.6. The van der Waals surface area contributed by atoms with Crippen molar-refractivity contribution in [2.24, 2.45) is 7.05 Å². The van der Waals surface area contributed by atoms with E-state index in [-0.39, 0.29) is 0 Å². The lowest BCUT2D eigenvalue weighted by molar-refractivity contribution is 0.606. The monoisotopic (exact) mass is 241 g/mol. The number of imidazole rings is 1. The van der Waals surface area contributed by atoms with Gasteiger partial charge in [-0.2, -0.15) is 11.8 Å². The van der Waals surface area contributed by atoms with Gasteiger partial charge in [-0.05, 0) is 31.4 Å². The van der Waals surface area contributed by atoms with Gasteiger partial charge < -0.3 is 9.88 Å². The maximum absolute atomic E-state index is 4.29. The van der Waals surface area contributed by atoms with Gasteiger partial charge >= 0.3 is 0 Å². The number of nitrogens with one attached hydrogen (secondary N) is 1. The first-order valence-electron chi connectivity index (χ1n) is 6.00. The van der Waals surface area contributed by atoms with Gasteiger partial charge in [-0.25, -0.2) is 4.98 Å². The number of rotatable bonds is 9. The Morgan fingerprint density at radius 3 is 2.88 bits per heavy atom. The quantitative estimate of drug-likeness (QED) is 0.671. The van der Waals surface area contributed by atoms with E-state index in [1.54, 1.807) is 0 Å². The van der Waals surface area contributed by atoms with Crippen LogP contribution in [0.25, 0.3) is 0 Å². The largest absolute Gasteiger partial charge is 0.338 e. The van der Waals surface area contributed by atoms with Gasteiger partial charge in [0.15, 0.2) is 0 Å². The molecule has 0 radical (unpaired) electrons. The molecule has 4 heteroatoms. The molecule has 3 nitrogen and oxygen atoms in total. The second kappa shape index (κ2) is 8.65. The molecule has 0 spiro atoms. The molecule has 0 bridgehead atoms. The Bertz CT molecular complexity index is 273. The molecule has 0 aliphatic heterocycles. The van der Waals surface area contributed by atoms with Crippen molar-refractivity contribution in [3.05, 3.63) is 18.2 Å². The fourth-order valence-corrected chi connectivity index (χ4v) is 2.13. The van der Waals surface area contributed by atoms with Gasteiger partial charge in [0.05, 0.1) is 0 Å². The van der Waals surface area contributed by atoms with Crippen LogP contribution >= 0.6 is 11.8 Å². The Kier molecular flexibility index (Phi) is 7.34. The molecule has 92 valence electrons. The van der Waals surface area contributed by atoms with Crippen LogP contribution in [-0.2, 0) is 13.5 Å². The summed E-state index contributed by atoms with van der Waals surface area (Å²) in [5, 5.41) is 3.47. The lowest BCUT2D eigenvalue weighted by Gasteiger charge is -2.04. The lowest BCUT2D eigenvalue weighted by atomic mass is 10.2. The van der Waals surface area contributed by atoms with E-state index in [2.05, 4.69) is 21.1 Å². The van der Waals surface area contributed by atoms with Crippen LogP contribution in [-0.4, -0.2) is 34.6 Å². The Hall–Kier alpha value is -0.480. The highest BCUT2D eigenvalue weighted by molar-refractivity contribution is 7.98. The minimum absolute atomic E-state index is 1.02. The SMILES string of the molecule is CSCCCCCNCCc1nccn1C. The van der Waals surface area contributed by atoms with Gasteiger partial charge in [0.2, 0.25) is 0 Å². The molecule has 0 unspecified atom stereocenters. The van der Waals surface area contributed by atoms with Crippen molar-refractivity contribution in [3.63, 3.8) is 0 Å². The molecule has 0 aliphatic rings. The number of nitrogens with zero attached hydrogens (tertiary/aromatic N) is 2.